The Bertz CT molecular complexity index is 489. The van der Waals surface area contributed by atoms with Gasteiger partial charge in [-0.1, -0.05) is 0 Å². The number of ether oxygens (including phenoxy) is 1. The van der Waals surface area contributed by atoms with Crippen LogP contribution >= 0.6 is 0 Å². The third-order valence-electron chi connectivity index (χ3n) is 2.66. The number of amides is 2. The first-order valence-electron chi connectivity index (χ1n) is 6.60. The molecule has 4 N–H and O–H groups in total. The van der Waals surface area contributed by atoms with Gasteiger partial charge in [0.05, 0.1) is 12.3 Å². The predicted molar refractivity (Wildman–Crippen MR) is 77.6 cm³/mol. The largest absolute Gasteiger partial charge is 0.492 e. The number of hydrogen-bond acceptors (Lipinski definition) is 4. The summed E-state index contributed by atoms with van der Waals surface area (Å²) >= 11 is 0. The van der Waals surface area contributed by atoms with Gasteiger partial charge >= 0.3 is 0 Å². The summed E-state index contributed by atoms with van der Waals surface area (Å²) in [5, 5.41) is 5.25. The second kappa shape index (κ2) is 7.37. The summed E-state index contributed by atoms with van der Waals surface area (Å²) in [7, 11) is 0. The van der Waals surface area contributed by atoms with Gasteiger partial charge in [0, 0.05) is 12.1 Å². The Labute approximate surface area is 118 Å². The normalized spacial score (nSPS) is 11.6. The van der Waals surface area contributed by atoms with Gasteiger partial charge in [0.15, 0.2) is 0 Å². The molecule has 0 bridgehead atoms. The summed E-state index contributed by atoms with van der Waals surface area (Å²) in [6.45, 7) is 6.33. The summed E-state index contributed by atoms with van der Waals surface area (Å²) in [6.07, 6.45) is 0. The minimum absolute atomic E-state index is 0.222. The lowest BCUT2D eigenvalue weighted by Crippen LogP contribution is -2.44. The van der Waals surface area contributed by atoms with Gasteiger partial charge in [-0.15, -0.1) is 0 Å². The van der Waals surface area contributed by atoms with E-state index in [9.17, 15) is 9.59 Å². The van der Waals surface area contributed by atoms with Crippen LogP contribution in [0.3, 0.4) is 0 Å². The van der Waals surface area contributed by atoms with Crippen LogP contribution in [0.4, 0.5) is 5.69 Å². The van der Waals surface area contributed by atoms with Gasteiger partial charge in [0.25, 0.3) is 5.91 Å². The fraction of sp³-hybridized carbons (Fsp3) is 0.429. The van der Waals surface area contributed by atoms with Crippen LogP contribution in [0.1, 0.15) is 31.1 Å². The Morgan fingerprint density at radius 1 is 1.35 bits per heavy atom. The van der Waals surface area contributed by atoms with Crippen molar-refractivity contribution in [3.63, 3.8) is 0 Å². The molecule has 0 aromatic heterocycles. The minimum atomic E-state index is -0.602. The Hall–Kier alpha value is -2.24. The molecule has 0 fully saturated rings. The van der Waals surface area contributed by atoms with Crippen LogP contribution in [0.5, 0.6) is 5.75 Å². The topological polar surface area (TPSA) is 93.5 Å². The minimum Gasteiger partial charge on any atom is -0.492 e. The first kappa shape index (κ1) is 15.8. The number of likely N-dealkylation sites (N-methyl/N-ethyl adjacent to an activating group) is 1. The summed E-state index contributed by atoms with van der Waals surface area (Å²) < 4.78 is 5.30. The Kier molecular flexibility index (Phi) is 5.83. The zero-order valence-corrected chi connectivity index (χ0v) is 12.0. The molecular weight excluding hydrogens is 258 g/mol. The van der Waals surface area contributed by atoms with Crippen LogP contribution in [0.15, 0.2) is 18.2 Å². The second-order valence-corrected chi connectivity index (χ2v) is 4.28. The number of nitrogen functional groups attached to an aromatic ring is 1. The highest BCUT2D eigenvalue weighted by Gasteiger charge is 2.16. The molecule has 1 rings (SSSR count). The van der Waals surface area contributed by atoms with E-state index >= 15 is 0 Å². The van der Waals surface area contributed by atoms with Crippen LogP contribution in [-0.2, 0) is 4.79 Å². The van der Waals surface area contributed by atoms with E-state index in [2.05, 4.69) is 10.6 Å². The molecule has 6 heteroatoms. The Balaban J connectivity index is 2.73. The van der Waals surface area contributed by atoms with Crippen LogP contribution in [-0.4, -0.2) is 31.0 Å². The van der Waals surface area contributed by atoms with Gasteiger partial charge in [-0.2, -0.15) is 0 Å². The van der Waals surface area contributed by atoms with E-state index in [1.165, 1.54) is 6.07 Å². The number of nitrogens with one attached hydrogen (secondary N) is 2. The van der Waals surface area contributed by atoms with E-state index in [0.29, 0.717) is 30.2 Å². The molecule has 20 heavy (non-hydrogen) atoms. The van der Waals surface area contributed by atoms with Gasteiger partial charge in [0.1, 0.15) is 11.8 Å². The second-order valence-electron chi connectivity index (χ2n) is 4.28. The van der Waals surface area contributed by atoms with Crippen molar-refractivity contribution in [3.8, 4) is 5.75 Å². The highest BCUT2D eigenvalue weighted by Crippen LogP contribution is 2.22. The van der Waals surface area contributed by atoms with E-state index in [4.69, 9.17) is 10.5 Å². The van der Waals surface area contributed by atoms with Gasteiger partial charge in [-0.3, -0.25) is 9.59 Å². The molecule has 110 valence electrons. The van der Waals surface area contributed by atoms with Gasteiger partial charge in [0.2, 0.25) is 5.91 Å². The maximum atomic E-state index is 12.0. The number of carbonyl (C=O) groups excluding carboxylic acids is 2. The quantitative estimate of drug-likeness (QED) is 0.675. The number of hydrogen-bond donors (Lipinski definition) is 3. The fourth-order valence-electron chi connectivity index (χ4n) is 1.65. The molecule has 0 saturated carbocycles. The molecule has 0 aliphatic carbocycles. The standard InChI is InChI=1S/C14H21N3O3/c1-4-16-13(18)9(3)17-14(19)10-6-7-12(20-5-2)11(15)8-10/h6-9H,4-5,15H2,1-3H3,(H,16,18)(H,17,19). The van der Waals surface area contributed by atoms with Crippen molar-refractivity contribution < 1.29 is 14.3 Å². The van der Waals surface area contributed by atoms with Crippen molar-refractivity contribution in [1.82, 2.24) is 10.6 Å². The third kappa shape index (κ3) is 4.15. The number of nitrogens with two attached hydrogens (primary N) is 1. The lowest BCUT2D eigenvalue weighted by atomic mass is 10.1. The number of benzene rings is 1. The fourth-order valence-corrected chi connectivity index (χ4v) is 1.65. The van der Waals surface area contributed by atoms with Crippen LogP contribution in [0, 0.1) is 0 Å². The smallest absolute Gasteiger partial charge is 0.251 e. The highest BCUT2D eigenvalue weighted by molar-refractivity contribution is 5.98. The first-order valence-corrected chi connectivity index (χ1v) is 6.60. The van der Waals surface area contributed by atoms with Crippen LogP contribution in [0.2, 0.25) is 0 Å². The summed E-state index contributed by atoms with van der Waals surface area (Å²) in [6, 6.07) is 4.19. The molecule has 0 radical (unpaired) electrons. The van der Waals surface area contributed by atoms with Crippen molar-refractivity contribution in [2.75, 3.05) is 18.9 Å². The summed E-state index contributed by atoms with van der Waals surface area (Å²) in [4.78, 5) is 23.5. The first-order chi connectivity index (χ1) is 9.49. The van der Waals surface area contributed by atoms with Gasteiger partial charge in [-0.05, 0) is 39.0 Å². The predicted octanol–water partition coefficient (Wildman–Crippen LogP) is 0.922. The molecule has 0 aliphatic heterocycles. The summed E-state index contributed by atoms with van der Waals surface area (Å²) in [5.41, 5.74) is 6.58. The molecule has 1 atom stereocenters. The Morgan fingerprint density at radius 3 is 2.60 bits per heavy atom. The maximum Gasteiger partial charge on any atom is 0.251 e. The summed E-state index contributed by atoms with van der Waals surface area (Å²) in [5.74, 6) is -0.0286. The monoisotopic (exact) mass is 279 g/mol. The van der Waals surface area contributed by atoms with E-state index in [0.717, 1.165) is 0 Å². The molecule has 2 amide bonds. The highest BCUT2D eigenvalue weighted by atomic mass is 16.5. The molecule has 1 aromatic carbocycles. The number of rotatable bonds is 6. The Morgan fingerprint density at radius 2 is 2.05 bits per heavy atom. The SMILES string of the molecule is CCNC(=O)C(C)NC(=O)c1ccc(OCC)c(N)c1. The molecule has 6 nitrogen and oxygen atoms in total. The molecule has 1 unspecified atom stereocenters. The zero-order chi connectivity index (χ0) is 15.1. The maximum absolute atomic E-state index is 12.0. The lowest BCUT2D eigenvalue weighted by Gasteiger charge is -2.14. The van der Waals surface area contributed by atoms with E-state index < -0.39 is 6.04 Å². The average molecular weight is 279 g/mol. The average Bonchev–Trinajstić information content (AvgIpc) is 2.41. The van der Waals surface area contributed by atoms with Crippen molar-refractivity contribution in [3.05, 3.63) is 23.8 Å². The van der Waals surface area contributed by atoms with Crippen molar-refractivity contribution in [2.24, 2.45) is 0 Å². The molecule has 1 aromatic rings. The molecular formula is C14H21N3O3. The van der Waals surface area contributed by atoms with Gasteiger partial charge in [-0.25, -0.2) is 0 Å². The van der Waals surface area contributed by atoms with Crippen molar-refractivity contribution >= 4 is 17.5 Å². The molecule has 0 saturated heterocycles. The number of anilines is 1. The zero-order valence-electron chi connectivity index (χ0n) is 12.0. The van der Waals surface area contributed by atoms with E-state index in [1.807, 2.05) is 13.8 Å². The molecule has 0 aliphatic rings. The van der Waals surface area contributed by atoms with Crippen molar-refractivity contribution in [1.29, 1.82) is 0 Å². The lowest BCUT2D eigenvalue weighted by molar-refractivity contribution is -0.122. The molecule has 0 heterocycles. The van der Waals surface area contributed by atoms with E-state index in [-0.39, 0.29) is 11.8 Å². The third-order valence-corrected chi connectivity index (χ3v) is 2.66. The molecule has 0 spiro atoms. The number of carbonyl (C=O) groups is 2. The van der Waals surface area contributed by atoms with Gasteiger partial charge < -0.3 is 21.1 Å². The van der Waals surface area contributed by atoms with Crippen molar-refractivity contribution in [2.45, 2.75) is 26.8 Å². The van der Waals surface area contributed by atoms with Crippen LogP contribution < -0.4 is 21.1 Å². The van der Waals surface area contributed by atoms with E-state index in [1.54, 1.807) is 19.1 Å². The van der Waals surface area contributed by atoms with Crippen LogP contribution in [0.25, 0.3) is 0 Å².